The summed E-state index contributed by atoms with van der Waals surface area (Å²) < 4.78 is 4.98. The smallest absolute Gasteiger partial charge is 0.290 e. The van der Waals surface area contributed by atoms with Crippen LogP contribution >= 0.6 is 0 Å². The topological polar surface area (TPSA) is 88.3 Å². The maximum Gasteiger partial charge on any atom is 0.290 e. The SMILES string of the molecule is CC1CC2C(CC2NC(=O)c2ccno2)CC(C)(N2Cc3ncccc3C2=O)C1. The quantitative estimate of drug-likeness (QED) is 0.864. The van der Waals surface area contributed by atoms with Gasteiger partial charge in [-0.25, -0.2) is 0 Å². The van der Waals surface area contributed by atoms with E-state index in [9.17, 15) is 9.59 Å². The van der Waals surface area contributed by atoms with Crippen LogP contribution < -0.4 is 5.32 Å². The van der Waals surface area contributed by atoms with E-state index >= 15 is 0 Å². The summed E-state index contributed by atoms with van der Waals surface area (Å²) in [5, 5.41) is 6.73. The highest BCUT2D eigenvalue weighted by atomic mass is 16.5. The molecule has 1 aliphatic heterocycles. The number of pyridine rings is 1. The molecule has 5 rings (SSSR count). The van der Waals surface area contributed by atoms with Crippen molar-refractivity contribution in [1.82, 2.24) is 20.4 Å². The van der Waals surface area contributed by atoms with Gasteiger partial charge in [-0.05, 0) is 62.5 Å². The van der Waals surface area contributed by atoms with Gasteiger partial charge in [0.15, 0.2) is 0 Å². The lowest BCUT2D eigenvalue weighted by Gasteiger charge is -2.48. The highest BCUT2D eigenvalue weighted by molar-refractivity contribution is 5.98. The number of carbonyl (C=O) groups excluding carboxylic acids is 2. The largest absolute Gasteiger partial charge is 0.351 e. The van der Waals surface area contributed by atoms with E-state index in [2.05, 4.69) is 29.3 Å². The molecule has 29 heavy (non-hydrogen) atoms. The van der Waals surface area contributed by atoms with Crippen LogP contribution in [0.3, 0.4) is 0 Å². The molecule has 7 heteroatoms. The van der Waals surface area contributed by atoms with Crippen molar-refractivity contribution in [3.05, 3.63) is 47.6 Å². The second kappa shape index (κ2) is 6.68. The number of carbonyl (C=O) groups is 2. The maximum absolute atomic E-state index is 13.1. The number of aromatic nitrogens is 2. The zero-order valence-electron chi connectivity index (χ0n) is 16.8. The molecule has 1 N–H and O–H groups in total. The first-order valence-electron chi connectivity index (χ1n) is 10.4. The molecule has 5 atom stereocenters. The molecule has 0 aromatic carbocycles. The van der Waals surface area contributed by atoms with Gasteiger partial charge in [-0.15, -0.1) is 0 Å². The minimum absolute atomic E-state index is 0.107. The van der Waals surface area contributed by atoms with Gasteiger partial charge in [0.1, 0.15) is 0 Å². The van der Waals surface area contributed by atoms with Crippen molar-refractivity contribution in [1.29, 1.82) is 0 Å². The summed E-state index contributed by atoms with van der Waals surface area (Å²) in [5.74, 6) is 1.60. The Hall–Kier alpha value is -2.70. The Morgan fingerprint density at radius 2 is 2.14 bits per heavy atom. The van der Waals surface area contributed by atoms with Gasteiger partial charge in [0.05, 0.1) is 24.0 Å². The number of fused-ring (bicyclic) bond motifs is 2. The van der Waals surface area contributed by atoms with Crippen LogP contribution in [0.5, 0.6) is 0 Å². The summed E-state index contributed by atoms with van der Waals surface area (Å²) >= 11 is 0. The van der Waals surface area contributed by atoms with Crippen LogP contribution in [-0.4, -0.2) is 38.4 Å². The molecular formula is C22H26N4O3. The number of nitrogens with zero attached hydrogens (tertiary/aromatic N) is 3. The van der Waals surface area contributed by atoms with Crippen molar-refractivity contribution < 1.29 is 14.1 Å². The standard InChI is InChI=1S/C22H26N4O3/c1-13-8-16-14(9-17(16)25-20(27)19-5-7-24-29-19)11-22(2,10-13)26-12-18-15(21(26)28)4-3-6-23-18/h3-7,13-14,16-17H,8-12H2,1-2H3,(H,25,27). The highest BCUT2D eigenvalue weighted by Gasteiger charge is 2.52. The molecule has 3 aliphatic rings. The molecule has 0 saturated heterocycles. The van der Waals surface area contributed by atoms with Crippen molar-refractivity contribution in [3.63, 3.8) is 0 Å². The van der Waals surface area contributed by atoms with Gasteiger partial charge in [-0.2, -0.15) is 0 Å². The van der Waals surface area contributed by atoms with Crippen LogP contribution in [0.1, 0.15) is 66.1 Å². The van der Waals surface area contributed by atoms with E-state index in [0.29, 0.717) is 24.3 Å². The number of amides is 2. The number of nitrogens with one attached hydrogen (secondary N) is 1. The molecular weight excluding hydrogens is 368 g/mol. The highest BCUT2D eigenvalue weighted by Crippen LogP contribution is 2.51. The zero-order chi connectivity index (χ0) is 20.2. The van der Waals surface area contributed by atoms with Gasteiger partial charge in [-0.3, -0.25) is 14.6 Å². The van der Waals surface area contributed by atoms with Gasteiger partial charge in [0, 0.05) is 23.8 Å². The molecule has 2 aromatic rings. The van der Waals surface area contributed by atoms with E-state index in [4.69, 9.17) is 4.52 Å². The monoisotopic (exact) mass is 394 g/mol. The third-order valence-electron chi connectivity index (χ3n) is 7.15. The lowest BCUT2D eigenvalue weighted by molar-refractivity contribution is 0.0267. The molecule has 0 bridgehead atoms. The Labute approximate surface area is 169 Å². The average Bonchev–Trinajstić information content (AvgIpc) is 3.32. The molecule has 5 unspecified atom stereocenters. The summed E-state index contributed by atoms with van der Waals surface area (Å²) in [4.78, 5) is 31.9. The van der Waals surface area contributed by atoms with Crippen molar-refractivity contribution in [2.45, 2.75) is 57.7 Å². The fourth-order valence-electron chi connectivity index (χ4n) is 5.87. The third-order valence-corrected chi connectivity index (χ3v) is 7.15. The van der Waals surface area contributed by atoms with E-state index in [1.165, 1.54) is 6.20 Å². The van der Waals surface area contributed by atoms with Gasteiger partial charge in [-0.1, -0.05) is 12.1 Å². The summed E-state index contributed by atoms with van der Waals surface area (Å²) in [6.45, 7) is 5.09. The predicted molar refractivity (Wildman–Crippen MR) is 105 cm³/mol. The second-order valence-corrected chi connectivity index (χ2v) is 9.25. The molecule has 0 spiro atoms. The molecule has 2 amide bonds. The van der Waals surface area contributed by atoms with Crippen LogP contribution in [0.25, 0.3) is 0 Å². The van der Waals surface area contributed by atoms with Crippen molar-refractivity contribution in [2.24, 2.45) is 17.8 Å². The van der Waals surface area contributed by atoms with Crippen LogP contribution in [-0.2, 0) is 6.54 Å². The number of hydrogen-bond donors (Lipinski definition) is 1. The Morgan fingerprint density at radius 3 is 2.90 bits per heavy atom. The van der Waals surface area contributed by atoms with Crippen LogP contribution in [0, 0.1) is 17.8 Å². The first-order valence-corrected chi connectivity index (χ1v) is 10.4. The third kappa shape index (κ3) is 3.03. The van der Waals surface area contributed by atoms with Gasteiger partial charge in [0.25, 0.3) is 11.8 Å². The van der Waals surface area contributed by atoms with Crippen LogP contribution in [0.4, 0.5) is 0 Å². The molecule has 2 aliphatic carbocycles. The summed E-state index contributed by atoms with van der Waals surface area (Å²) in [7, 11) is 0. The Balaban J connectivity index is 1.31. The number of rotatable bonds is 3. The predicted octanol–water partition coefficient (Wildman–Crippen LogP) is 3.04. The van der Waals surface area contributed by atoms with Crippen molar-refractivity contribution >= 4 is 11.8 Å². The second-order valence-electron chi connectivity index (χ2n) is 9.25. The fraction of sp³-hybridized carbons (Fsp3) is 0.545. The summed E-state index contributed by atoms with van der Waals surface area (Å²) in [6.07, 6.45) is 7.20. The van der Waals surface area contributed by atoms with E-state index in [0.717, 1.165) is 36.9 Å². The van der Waals surface area contributed by atoms with Crippen LogP contribution in [0.15, 0.2) is 35.1 Å². The lowest BCUT2D eigenvalue weighted by Crippen LogP contribution is -2.55. The zero-order valence-corrected chi connectivity index (χ0v) is 16.8. The maximum atomic E-state index is 13.1. The summed E-state index contributed by atoms with van der Waals surface area (Å²) in [6, 6.07) is 5.47. The Kier molecular flexibility index (Phi) is 4.22. The van der Waals surface area contributed by atoms with Crippen LogP contribution in [0.2, 0.25) is 0 Å². The van der Waals surface area contributed by atoms with E-state index in [-0.39, 0.29) is 29.2 Å². The Morgan fingerprint density at radius 1 is 1.28 bits per heavy atom. The normalized spacial score (nSPS) is 33.4. The van der Waals surface area contributed by atoms with Gasteiger partial charge in [0.2, 0.25) is 5.76 Å². The van der Waals surface area contributed by atoms with Gasteiger partial charge < -0.3 is 14.7 Å². The fourth-order valence-corrected chi connectivity index (χ4v) is 5.87. The molecule has 2 saturated carbocycles. The molecule has 2 fully saturated rings. The average molecular weight is 394 g/mol. The number of hydrogen-bond acceptors (Lipinski definition) is 5. The first kappa shape index (κ1) is 18.3. The van der Waals surface area contributed by atoms with Gasteiger partial charge >= 0.3 is 0 Å². The van der Waals surface area contributed by atoms with E-state index in [1.54, 1.807) is 12.3 Å². The Bertz CT molecular complexity index is 943. The molecule has 7 nitrogen and oxygen atoms in total. The minimum atomic E-state index is -0.193. The van der Waals surface area contributed by atoms with Crippen molar-refractivity contribution in [2.75, 3.05) is 0 Å². The molecule has 0 radical (unpaired) electrons. The minimum Gasteiger partial charge on any atom is -0.351 e. The summed E-state index contributed by atoms with van der Waals surface area (Å²) in [5.41, 5.74) is 1.45. The van der Waals surface area contributed by atoms with E-state index < -0.39 is 0 Å². The van der Waals surface area contributed by atoms with Crippen molar-refractivity contribution in [3.8, 4) is 0 Å². The molecule has 3 heterocycles. The van der Waals surface area contributed by atoms with E-state index in [1.807, 2.05) is 17.0 Å². The molecule has 152 valence electrons. The molecule has 2 aromatic heterocycles. The lowest BCUT2D eigenvalue weighted by atomic mass is 9.64. The first-order chi connectivity index (χ1) is 13.9.